The SMILES string of the molecule is COc1cc(C(C)NC(=O)C2CC2(Cl)Cl)ccc1OCc1ccncc1. The first-order valence-corrected chi connectivity index (χ1v) is 9.04. The molecule has 2 atom stereocenters. The lowest BCUT2D eigenvalue weighted by Crippen LogP contribution is -2.29. The van der Waals surface area contributed by atoms with Crippen LogP contribution in [0.15, 0.2) is 42.7 Å². The molecule has 3 rings (SSSR count). The molecular weight excluding hydrogens is 375 g/mol. The highest BCUT2D eigenvalue weighted by Gasteiger charge is 2.56. The van der Waals surface area contributed by atoms with E-state index in [1.54, 1.807) is 19.5 Å². The van der Waals surface area contributed by atoms with Gasteiger partial charge in [0.1, 0.15) is 10.9 Å². The number of pyridine rings is 1. The zero-order valence-electron chi connectivity index (χ0n) is 14.5. The van der Waals surface area contributed by atoms with Gasteiger partial charge in [0.25, 0.3) is 0 Å². The number of methoxy groups -OCH3 is 1. The van der Waals surface area contributed by atoms with E-state index in [9.17, 15) is 4.79 Å². The van der Waals surface area contributed by atoms with Crippen LogP contribution < -0.4 is 14.8 Å². The van der Waals surface area contributed by atoms with Crippen LogP contribution in [0, 0.1) is 5.92 Å². The molecular formula is C19H20Cl2N2O3. The summed E-state index contributed by atoms with van der Waals surface area (Å²) >= 11 is 11.9. The number of carbonyl (C=O) groups excluding carboxylic acids is 1. The Kier molecular flexibility index (Phi) is 5.58. The van der Waals surface area contributed by atoms with E-state index >= 15 is 0 Å². The average molecular weight is 395 g/mol. The molecule has 26 heavy (non-hydrogen) atoms. The molecule has 1 N–H and O–H groups in total. The van der Waals surface area contributed by atoms with Crippen molar-refractivity contribution in [2.45, 2.75) is 30.3 Å². The Bertz CT molecular complexity index is 784. The summed E-state index contributed by atoms with van der Waals surface area (Å²) < 4.78 is 10.3. The van der Waals surface area contributed by atoms with Crippen molar-refractivity contribution in [3.63, 3.8) is 0 Å². The minimum Gasteiger partial charge on any atom is -0.493 e. The van der Waals surface area contributed by atoms with Gasteiger partial charge in [-0.15, -0.1) is 23.2 Å². The lowest BCUT2D eigenvalue weighted by molar-refractivity contribution is -0.123. The number of amides is 1. The Morgan fingerprint density at radius 1 is 1.31 bits per heavy atom. The number of aromatic nitrogens is 1. The Morgan fingerprint density at radius 2 is 2.00 bits per heavy atom. The number of benzene rings is 1. The second-order valence-corrected chi connectivity index (χ2v) is 7.84. The van der Waals surface area contributed by atoms with Crippen molar-refractivity contribution in [3.05, 3.63) is 53.9 Å². The summed E-state index contributed by atoms with van der Waals surface area (Å²) in [6.45, 7) is 2.32. The van der Waals surface area contributed by atoms with E-state index < -0.39 is 4.33 Å². The minimum atomic E-state index is -0.924. The minimum absolute atomic E-state index is 0.139. The van der Waals surface area contributed by atoms with E-state index in [0.29, 0.717) is 24.5 Å². The fourth-order valence-corrected chi connectivity index (χ4v) is 3.11. The van der Waals surface area contributed by atoms with E-state index in [-0.39, 0.29) is 17.9 Å². The first kappa shape index (κ1) is 18.8. The normalized spacial score (nSPS) is 18.7. The quantitative estimate of drug-likeness (QED) is 0.719. The number of nitrogens with zero attached hydrogens (tertiary/aromatic N) is 1. The van der Waals surface area contributed by atoms with Gasteiger partial charge in [0.15, 0.2) is 11.5 Å². The van der Waals surface area contributed by atoms with Crippen molar-refractivity contribution < 1.29 is 14.3 Å². The predicted molar refractivity (Wildman–Crippen MR) is 101 cm³/mol. The fraction of sp³-hybridized carbons (Fsp3) is 0.368. The molecule has 5 nitrogen and oxygen atoms in total. The third-order valence-corrected chi connectivity index (χ3v) is 5.17. The third-order valence-electron chi connectivity index (χ3n) is 4.33. The second kappa shape index (κ2) is 7.72. The third kappa shape index (κ3) is 4.40. The molecule has 0 aliphatic heterocycles. The van der Waals surface area contributed by atoms with E-state index in [0.717, 1.165) is 11.1 Å². The standard InChI is InChI=1S/C19H20Cl2N2O3/c1-12(23-18(24)15-10-19(15,20)21)14-3-4-16(17(9-14)25-2)26-11-13-5-7-22-8-6-13/h3-9,12,15H,10-11H2,1-2H3,(H,23,24). The van der Waals surface area contributed by atoms with Crippen LogP contribution in [0.5, 0.6) is 11.5 Å². The number of ether oxygens (including phenoxy) is 2. The van der Waals surface area contributed by atoms with E-state index in [1.165, 1.54) is 0 Å². The maximum atomic E-state index is 12.1. The van der Waals surface area contributed by atoms with Crippen LogP contribution in [-0.2, 0) is 11.4 Å². The lowest BCUT2D eigenvalue weighted by atomic mass is 10.1. The number of hydrogen-bond acceptors (Lipinski definition) is 4. The van der Waals surface area contributed by atoms with Gasteiger partial charge in [0.2, 0.25) is 5.91 Å². The number of nitrogens with one attached hydrogen (secondary N) is 1. The highest BCUT2D eigenvalue weighted by molar-refractivity contribution is 6.52. The second-order valence-electron chi connectivity index (χ2n) is 6.30. The van der Waals surface area contributed by atoms with Crippen LogP contribution >= 0.6 is 23.2 Å². The van der Waals surface area contributed by atoms with E-state index in [4.69, 9.17) is 32.7 Å². The number of rotatable bonds is 7. The summed E-state index contributed by atoms with van der Waals surface area (Å²) in [5, 5.41) is 2.93. The number of carbonyl (C=O) groups is 1. The van der Waals surface area contributed by atoms with Crippen LogP contribution in [0.25, 0.3) is 0 Å². The largest absolute Gasteiger partial charge is 0.493 e. The number of hydrogen-bond donors (Lipinski definition) is 1. The smallest absolute Gasteiger partial charge is 0.226 e. The van der Waals surface area contributed by atoms with Gasteiger partial charge in [-0.1, -0.05) is 6.07 Å². The van der Waals surface area contributed by atoms with Crippen LogP contribution in [0.4, 0.5) is 0 Å². The summed E-state index contributed by atoms with van der Waals surface area (Å²) in [6, 6.07) is 9.18. The average Bonchev–Trinajstić information content (AvgIpc) is 3.29. The molecule has 138 valence electrons. The monoisotopic (exact) mass is 394 g/mol. The van der Waals surface area contributed by atoms with Crippen molar-refractivity contribution in [2.75, 3.05) is 7.11 Å². The highest BCUT2D eigenvalue weighted by atomic mass is 35.5. The summed E-state index contributed by atoms with van der Waals surface area (Å²) in [5.41, 5.74) is 1.92. The van der Waals surface area contributed by atoms with Gasteiger partial charge < -0.3 is 14.8 Å². The van der Waals surface area contributed by atoms with E-state index in [1.807, 2.05) is 37.3 Å². The Morgan fingerprint density at radius 3 is 2.62 bits per heavy atom. The van der Waals surface area contributed by atoms with Crippen molar-refractivity contribution >= 4 is 29.1 Å². The first-order valence-electron chi connectivity index (χ1n) is 8.28. The van der Waals surface area contributed by atoms with Crippen molar-refractivity contribution in [2.24, 2.45) is 5.92 Å². The predicted octanol–water partition coefficient (Wildman–Crippen LogP) is 4.04. The van der Waals surface area contributed by atoms with Gasteiger partial charge in [-0.2, -0.15) is 0 Å². The van der Waals surface area contributed by atoms with Crippen LogP contribution in [0.3, 0.4) is 0 Å². The van der Waals surface area contributed by atoms with Gasteiger partial charge in [0.05, 0.1) is 19.1 Å². The van der Waals surface area contributed by atoms with Gasteiger partial charge in [-0.3, -0.25) is 9.78 Å². The molecule has 2 unspecified atom stereocenters. The van der Waals surface area contributed by atoms with Gasteiger partial charge >= 0.3 is 0 Å². The lowest BCUT2D eigenvalue weighted by Gasteiger charge is -2.17. The molecule has 1 aliphatic carbocycles. The summed E-state index contributed by atoms with van der Waals surface area (Å²) in [4.78, 5) is 16.1. The summed E-state index contributed by atoms with van der Waals surface area (Å²) in [5.74, 6) is 0.750. The molecule has 1 aromatic heterocycles. The molecule has 0 spiro atoms. The maximum Gasteiger partial charge on any atom is 0.226 e. The van der Waals surface area contributed by atoms with Crippen LogP contribution in [0.1, 0.15) is 30.5 Å². The Balaban J connectivity index is 1.65. The van der Waals surface area contributed by atoms with Crippen molar-refractivity contribution in [3.8, 4) is 11.5 Å². The highest BCUT2D eigenvalue weighted by Crippen LogP contribution is 2.53. The Labute approximate surface area is 162 Å². The summed E-state index contributed by atoms with van der Waals surface area (Å²) in [7, 11) is 1.58. The molecule has 0 saturated heterocycles. The molecule has 1 saturated carbocycles. The zero-order chi connectivity index (χ0) is 18.7. The van der Waals surface area contributed by atoms with Crippen LogP contribution in [-0.4, -0.2) is 22.3 Å². The molecule has 1 aliphatic rings. The van der Waals surface area contributed by atoms with Crippen LogP contribution in [0.2, 0.25) is 0 Å². The fourth-order valence-electron chi connectivity index (χ4n) is 2.61. The molecule has 0 bridgehead atoms. The number of halogens is 2. The molecule has 7 heteroatoms. The molecule has 1 fully saturated rings. The van der Waals surface area contributed by atoms with Crippen molar-refractivity contribution in [1.29, 1.82) is 0 Å². The maximum absolute atomic E-state index is 12.1. The van der Waals surface area contributed by atoms with Gasteiger partial charge in [-0.05, 0) is 48.7 Å². The Hall–Kier alpha value is -1.98. The molecule has 2 aromatic rings. The van der Waals surface area contributed by atoms with Gasteiger partial charge in [0, 0.05) is 12.4 Å². The molecule has 0 radical (unpaired) electrons. The zero-order valence-corrected chi connectivity index (χ0v) is 16.1. The topological polar surface area (TPSA) is 60.5 Å². The first-order chi connectivity index (χ1) is 12.4. The van der Waals surface area contributed by atoms with E-state index in [2.05, 4.69) is 10.3 Å². The number of alkyl halides is 2. The van der Waals surface area contributed by atoms with Crippen molar-refractivity contribution in [1.82, 2.24) is 10.3 Å². The van der Waals surface area contributed by atoms with Gasteiger partial charge in [-0.25, -0.2) is 0 Å². The molecule has 1 amide bonds. The molecule has 1 aromatic carbocycles. The summed E-state index contributed by atoms with van der Waals surface area (Å²) in [6.07, 6.45) is 3.93. The molecule has 1 heterocycles.